The number of aliphatic hydroxyl groups excluding tert-OH is 1. The number of aliphatic hydroxyl groups is 1. The van der Waals surface area contributed by atoms with Gasteiger partial charge in [0.25, 0.3) is 0 Å². The summed E-state index contributed by atoms with van der Waals surface area (Å²) in [6.07, 6.45) is 4.77. The van der Waals surface area contributed by atoms with Gasteiger partial charge in [0.15, 0.2) is 0 Å². The SMILES string of the molecule is CCS[C@@H]1CCCC[C@@H]1O. The molecular formula is C8H16OS. The summed E-state index contributed by atoms with van der Waals surface area (Å²) in [5.74, 6) is 1.14. The van der Waals surface area contributed by atoms with E-state index in [2.05, 4.69) is 6.92 Å². The molecule has 1 fully saturated rings. The van der Waals surface area contributed by atoms with Crippen LogP contribution in [0.4, 0.5) is 0 Å². The van der Waals surface area contributed by atoms with Gasteiger partial charge in [0.05, 0.1) is 6.10 Å². The molecule has 1 saturated carbocycles. The molecule has 0 radical (unpaired) electrons. The number of rotatable bonds is 2. The highest BCUT2D eigenvalue weighted by Gasteiger charge is 2.21. The number of hydrogen-bond acceptors (Lipinski definition) is 2. The Balaban J connectivity index is 2.25. The normalized spacial score (nSPS) is 34.2. The molecule has 1 rings (SSSR count). The number of hydrogen-bond donors (Lipinski definition) is 1. The largest absolute Gasteiger partial charge is 0.392 e. The molecule has 0 bridgehead atoms. The molecule has 1 aliphatic rings. The van der Waals surface area contributed by atoms with Crippen molar-refractivity contribution >= 4 is 11.8 Å². The van der Waals surface area contributed by atoms with Gasteiger partial charge in [-0.2, -0.15) is 11.8 Å². The van der Waals surface area contributed by atoms with Gasteiger partial charge in [0, 0.05) is 5.25 Å². The van der Waals surface area contributed by atoms with Crippen LogP contribution in [-0.4, -0.2) is 22.2 Å². The van der Waals surface area contributed by atoms with Crippen LogP contribution in [0.3, 0.4) is 0 Å². The molecule has 2 heteroatoms. The van der Waals surface area contributed by atoms with Gasteiger partial charge in [-0.25, -0.2) is 0 Å². The standard InChI is InChI=1S/C8H16OS/c1-2-10-8-6-4-3-5-7(8)9/h7-9H,2-6H2,1H3/t7-,8+/m0/s1. The first-order valence-corrected chi connectivity index (χ1v) is 5.19. The fraction of sp³-hybridized carbons (Fsp3) is 1.00. The third-order valence-corrected chi connectivity index (χ3v) is 3.36. The van der Waals surface area contributed by atoms with Crippen LogP contribution in [-0.2, 0) is 0 Å². The lowest BCUT2D eigenvalue weighted by molar-refractivity contribution is 0.137. The quantitative estimate of drug-likeness (QED) is 0.667. The molecule has 0 aromatic rings. The van der Waals surface area contributed by atoms with Crippen molar-refractivity contribution in [3.63, 3.8) is 0 Å². The Morgan fingerprint density at radius 3 is 2.70 bits per heavy atom. The smallest absolute Gasteiger partial charge is 0.0658 e. The highest BCUT2D eigenvalue weighted by molar-refractivity contribution is 7.99. The predicted octanol–water partition coefficient (Wildman–Crippen LogP) is 2.04. The summed E-state index contributed by atoms with van der Waals surface area (Å²) in [5.41, 5.74) is 0. The van der Waals surface area contributed by atoms with Crippen molar-refractivity contribution < 1.29 is 5.11 Å². The predicted molar refractivity (Wildman–Crippen MR) is 46.4 cm³/mol. The molecule has 0 heterocycles. The zero-order chi connectivity index (χ0) is 7.40. The molecule has 0 amide bonds. The van der Waals surface area contributed by atoms with Gasteiger partial charge >= 0.3 is 0 Å². The van der Waals surface area contributed by atoms with E-state index < -0.39 is 0 Å². The fourth-order valence-corrected chi connectivity index (χ4v) is 2.61. The van der Waals surface area contributed by atoms with Crippen LogP contribution < -0.4 is 0 Å². The monoisotopic (exact) mass is 160 g/mol. The first-order valence-electron chi connectivity index (χ1n) is 4.14. The molecular weight excluding hydrogens is 144 g/mol. The summed E-state index contributed by atoms with van der Waals surface area (Å²) < 4.78 is 0. The summed E-state index contributed by atoms with van der Waals surface area (Å²) in [6, 6.07) is 0. The Morgan fingerprint density at radius 2 is 2.10 bits per heavy atom. The Labute approximate surface area is 67.2 Å². The summed E-state index contributed by atoms with van der Waals surface area (Å²) in [5, 5.41) is 10.0. The fourth-order valence-electron chi connectivity index (χ4n) is 1.49. The maximum Gasteiger partial charge on any atom is 0.0658 e. The van der Waals surface area contributed by atoms with Gasteiger partial charge in [-0.05, 0) is 18.6 Å². The molecule has 10 heavy (non-hydrogen) atoms. The van der Waals surface area contributed by atoms with Gasteiger partial charge in [0.2, 0.25) is 0 Å². The molecule has 0 aromatic heterocycles. The van der Waals surface area contributed by atoms with Crippen LogP contribution >= 0.6 is 11.8 Å². The average molecular weight is 160 g/mol. The second-order valence-electron chi connectivity index (χ2n) is 2.85. The summed E-state index contributed by atoms with van der Waals surface area (Å²) >= 11 is 1.91. The minimum Gasteiger partial charge on any atom is -0.392 e. The third kappa shape index (κ3) is 2.17. The summed E-state index contributed by atoms with van der Waals surface area (Å²) in [6.45, 7) is 2.16. The van der Waals surface area contributed by atoms with E-state index in [4.69, 9.17) is 0 Å². The maximum absolute atomic E-state index is 9.48. The van der Waals surface area contributed by atoms with E-state index in [1.807, 2.05) is 11.8 Å². The maximum atomic E-state index is 9.48. The number of thioether (sulfide) groups is 1. The first-order chi connectivity index (χ1) is 4.84. The Bertz CT molecular complexity index is 93.3. The molecule has 0 aromatic carbocycles. The lowest BCUT2D eigenvalue weighted by Crippen LogP contribution is -2.26. The Kier molecular flexibility index (Phi) is 3.57. The molecule has 0 spiro atoms. The minimum absolute atomic E-state index is 0.0151. The van der Waals surface area contributed by atoms with Crippen LogP contribution in [0.5, 0.6) is 0 Å². The lowest BCUT2D eigenvalue weighted by Gasteiger charge is -2.26. The van der Waals surface area contributed by atoms with Crippen molar-refractivity contribution in [3.8, 4) is 0 Å². The third-order valence-electron chi connectivity index (χ3n) is 2.05. The summed E-state index contributed by atoms with van der Waals surface area (Å²) in [4.78, 5) is 0. The van der Waals surface area contributed by atoms with E-state index in [1.54, 1.807) is 0 Å². The molecule has 1 nitrogen and oxygen atoms in total. The molecule has 1 aliphatic carbocycles. The molecule has 2 atom stereocenters. The van der Waals surface area contributed by atoms with Crippen molar-refractivity contribution in [2.45, 2.75) is 44.0 Å². The molecule has 1 N–H and O–H groups in total. The molecule has 0 saturated heterocycles. The van der Waals surface area contributed by atoms with E-state index in [1.165, 1.54) is 19.3 Å². The minimum atomic E-state index is -0.0151. The molecule has 0 unspecified atom stereocenters. The van der Waals surface area contributed by atoms with Gasteiger partial charge in [-0.1, -0.05) is 19.8 Å². The van der Waals surface area contributed by atoms with E-state index in [9.17, 15) is 5.11 Å². The highest BCUT2D eigenvalue weighted by atomic mass is 32.2. The zero-order valence-corrected chi connectivity index (χ0v) is 7.36. The zero-order valence-electron chi connectivity index (χ0n) is 6.55. The van der Waals surface area contributed by atoms with Crippen LogP contribution in [0.15, 0.2) is 0 Å². The first kappa shape index (κ1) is 8.41. The van der Waals surface area contributed by atoms with Gasteiger partial charge in [-0.15, -0.1) is 0 Å². The van der Waals surface area contributed by atoms with Gasteiger partial charge in [0.1, 0.15) is 0 Å². The van der Waals surface area contributed by atoms with Crippen LogP contribution in [0, 0.1) is 0 Å². The van der Waals surface area contributed by atoms with E-state index in [0.717, 1.165) is 12.2 Å². The lowest BCUT2D eigenvalue weighted by atomic mass is 9.97. The van der Waals surface area contributed by atoms with Crippen LogP contribution in [0.2, 0.25) is 0 Å². The van der Waals surface area contributed by atoms with Crippen molar-refractivity contribution in [1.82, 2.24) is 0 Å². The van der Waals surface area contributed by atoms with Gasteiger partial charge < -0.3 is 5.11 Å². The van der Waals surface area contributed by atoms with E-state index >= 15 is 0 Å². The van der Waals surface area contributed by atoms with Gasteiger partial charge in [-0.3, -0.25) is 0 Å². The highest BCUT2D eigenvalue weighted by Crippen LogP contribution is 2.28. The Morgan fingerprint density at radius 1 is 1.40 bits per heavy atom. The topological polar surface area (TPSA) is 20.2 Å². The van der Waals surface area contributed by atoms with Crippen molar-refractivity contribution in [2.24, 2.45) is 0 Å². The van der Waals surface area contributed by atoms with Crippen molar-refractivity contribution in [1.29, 1.82) is 0 Å². The second kappa shape index (κ2) is 4.24. The van der Waals surface area contributed by atoms with Crippen molar-refractivity contribution in [3.05, 3.63) is 0 Å². The summed E-state index contributed by atoms with van der Waals surface area (Å²) in [7, 11) is 0. The van der Waals surface area contributed by atoms with Crippen LogP contribution in [0.25, 0.3) is 0 Å². The second-order valence-corrected chi connectivity index (χ2v) is 4.36. The molecule has 60 valence electrons. The average Bonchev–Trinajstić information content (AvgIpc) is 1.94. The van der Waals surface area contributed by atoms with E-state index in [-0.39, 0.29) is 6.10 Å². The van der Waals surface area contributed by atoms with Crippen molar-refractivity contribution in [2.75, 3.05) is 5.75 Å². The Hall–Kier alpha value is 0.310. The molecule has 0 aliphatic heterocycles. The van der Waals surface area contributed by atoms with Crippen LogP contribution in [0.1, 0.15) is 32.6 Å². The van der Waals surface area contributed by atoms with E-state index in [0.29, 0.717) is 5.25 Å².